The minimum Gasteiger partial charge on any atom is -0.298 e. The second kappa shape index (κ2) is 9.87. The molecule has 12 rings (SSSR count). The summed E-state index contributed by atoms with van der Waals surface area (Å²) in [5.74, 6) is -1.68. The van der Waals surface area contributed by atoms with E-state index in [0.717, 1.165) is 69.5 Å². The van der Waals surface area contributed by atoms with Crippen LogP contribution in [0.3, 0.4) is 0 Å². The average Bonchev–Trinajstić information content (AvgIpc) is 3.21. The fraction of sp³-hybridized carbons (Fsp3) is 0. The van der Waals surface area contributed by atoms with E-state index in [4.69, 9.17) is 0 Å². The van der Waals surface area contributed by atoms with E-state index in [1.165, 1.54) is 4.90 Å². The van der Waals surface area contributed by atoms with Crippen molar-refractivity contribution in [3.63, 3.8) is 0 Å². The third-order valence-corrected chi connectivity index (χ3v) is 11.7. The first-order chi connectivity index (χ1) is 26.4. The lowest BCUT2D eigenvalue weighted by atomic mass is 9.82. The summed E-state index contributed by atoms with van der Waals surface area (Å²) in [6.07, 6.45) is 0.712. The summed E-state index contributed by atoms with van der Waals surface area (Å²) < 4.78 is 0. The number of anilines is 2. The Bertz CT molecular complexity index is 3320. The van der Waals surface area contributed by atoms with E-state index in [1.54, 1.807) is 48.5 Å². The Morgan fingerprint density at radius 1 is 0.370 bits per heavy atom. The molecule has 2 aliphatic heterocycles. The highest BCUT2D eigenvalue weighted by Gasteiger charge is 2.38. The van der Waals surface area contributed by atoms with E-state index < -0.39 is 11.8 Å². The number of carbonyl (C=O) groups is 5. The number of benzene rings is 10. The fourth-order valence-electron chi connectivity index (χ4n) is 9.35. The Hall–Kier alpha value is -7.51. The van der Waals surface area contributed by atoms with Crippen LogP contribution in [0.4, 0.5) is 11.4 Å². The van der Waals surface area contributed by atoms with Crippen LogP contribution in [0.25, 0.3) is 75.4 Å². The second-order valence-electron chi connectivity index (χ2n) is 14.2. The third kappa shape index (κ3) is 3.39. The lowest BCUT2D eigenvalue weighted by Crippen LogP contribution is -2.40. The van der Waals surface area contributed by atoms with Crippen LogP contribution >= 0.6 is 0 Å². The highest BCUT2D eigenvalue weighted by molar-refractivity contribution is 6.46. The zero-order chi connectivity index (χ0) is 36.1. The van der Waals surface area contributed by atoms with Gasteiger partial charge in [0.2, 0.25) is 0 Å². The maximum Gasteiger partial charge on any atom is 0.266 e. The highest BCUT2D eigenvalue weighted by Crippen LogP contribution is 2.48. The molecule has 0 unspecified atom stereocenters. The number of hydrogen-bond acceptors (Lipinski definition) is 5. The first-order valence-electron chi connectivity index (χ1n) is 17.6. The van der Waals surface area contributed by atoms with Gasteiger partial charge >= 0.3 is 0 Å². The highest BCUT2D eigenvalue weighted by atomic mass is 16.2. The molecule has 0 fully saturated rings. The Kier molecular flexibility index (Phi) is 5.32. The predicted molar refractivity (Wildman–Crippen MR) is 212 cm³/mol. The first-order valence-corrected chi connectivity index (χ1v) is 17.6. The minimum absolute atomic E-state index is 0.379. The molecule has 10 aromatic rings. The largest absolute Gasteiger partial charge is 0.298 e. The molecule has 54 heavy (non-hydrogen) atoms. The van der Waals surface area contributed by atoms with Crippen LogP contribution in [-0.2, 0) is 0 Å². The molecule has 0 spiro atoms. The molecule has 4 amide bonds. The Morgan fingerprint density at radius 3 is 1.35 bits per heavy atom. The molecular formula is C47H22N2O5. The van der Waals surface area contributed by atoms with Crippen LogP contribution in [0.5, 0.6) is 0 Å². The molecule has 7 nitrogen and oxygen atoms in total. The van der Waals surface area contributed by atoms with E-state index in [1.807, 2.05) is 54.6 Å². The summed E-state index contributed by atoms with van der Waals surface area (Å²) in [5, 5.41) is 12.1. The van der Waals surface area contributed by atoms with Gasteiger partial charge in [-0.1, -0.05) is 72.8 Å². The van der Waals surface area contributed by atoms with Gasteiger partial charge in [0.1, 0.15) is 6.29 Å². The average molecular weight is 695 g/mol. The summed E-state index contributed by atoms with van der Waals surface area (Å²) in [5.41, 5.74) is 3.03. The molecule has 0 saturated carbocycles. The van der Waals surface area contributed by atoms with Crippen molar-refractivity contribution in [1.82, 2.24) is 0 Å². The number of aldehydes is 1. The van der Waals surface area contributed by atoms with Crippen molar-refractivity contribution in [1.29, 1.82) is 0 Å². The smallest absolute Gasteiger partial charge is 0.266 e. The molecule has 2 aliphatic rings. The summed E-state index contributed by atoms with van der Waals surface area (Å²) >= 11 is 0. The minimum atomic E-state index is -0.450. The Labute approximate surface area is 304 Å². The monoisotopic (exact) mass is 694 g/mol. The van der Waals surface area contributed by atoms with Gasteiger partial charge in [-0.15, -0.1) is 0 Å². The Balaban J connectivity index is 1.08. The maximum absolute atomic E-state index is 14.7. The molecule has 0 radical (unpaired) electrons. The molecule has 0 saturated heterocycles. The number of fused-ring (bicyclic) bond motifs is 2. The quantitative estimate of drug-likeness (QED) is 0.0795. The van der Waals surface area contributed by atoms with Gasteiger partial charge in [-0.2, -0.15) is 0 Å². The molecule has 0 aliphatic carbocycles. The Morgan fingerprint density at radius 2 is 0.833 bits per heavy atom. The van der Waals surface area contributed by atoms with Gasteiger partial charge < -0.3 is 0 Å². The van der Waals surface area contributed by atoms with E-state index in [9.17, 15) is 24.0 Å². The first kappa shape index (κ1) is 29.1. The van der Waals surface area contributed by atoms with Crippen molar-refractivity contribution in [2.45, 2.75) is 0 Å². The number of nitrogens with zero attached hydrogens (tertiary/aromatic N) is 2. The maximum atomic E-state index is 14.7. The van der Waals surface area contributed by atoms with Crippen molar-refractivity contribution in [2.24, 2.45) is 0 Å². The zero-order valence-electron chi connectivity index (χ0n) is 28.1. The normalized spacial score (nSPS) is 14.4. The van der Waals surface area contributed by atoms with E-state index in [-0.39, 0.29) is 11.8 Å². The van der Waals surface area contributed by atoms with Gasteiger partial charge in [0.05, 0.1) is 11.4 Å². The van der Waals surface area contributed by atoms with Crippen molar-refractivity contribution in [2.75, 3.05) is 9.80 Å². The van der Waals surface area contributed by atoms with Crippen LogP contribution < -0.4 is 9.80 Å². The third-order valence-electron chi connectivity index (χ3n) is 11.7. The van der Waals surface area contributed by atoms with Gasteiger partial charge in [0.15, 0.2) is 0 Å². The summed E-state index contributed by atoms with van der Waals surface area (Å²) in [7, 11) is 0. The predicted octanol–water partition coefficient (Wildman–Crippen LogP) is 10.0. The van der Waals surface area contributed by atoms with E-state index in [0.29, 0.717) is 56.3 Å². The molecule has 0 N–H and O–H groups in total. The number of imide groups is 2. The SMILES string of the molecule is O=Cc1ccc(N2C(=O)c3ccc4c5ccc6c7c(ccc(c8ccc(c3c48)C2=O)c75)C(=O)N(c2cc3cccc4ccc5cccc2c5c43)C6=O)cc1. The van der Waals surface area contributed by atoms with Crippen LogP contribution in [0.1, 0.15) is 51.8 Å². The zero-order valence-corrected chi connectivity index (χ0v) is 28.1. The topological polar surface area (TPSA) is 91.8 Å². The van der Waals surface area contributed by atoms with Crippen molar-refractivity contribution in [3.8, 4) is 0 Å². The van der Waals surface area contributed by atoms with Gasteiger partial charge in [0, 0.05) is 44.0 Å². The standard InChI is InChI=1S/C47H22N2O5/c50-22-23-7-11-27(12-8-23)48-44(51)33-17-13-28-30-15-19-35-43-36(20-16-31(41(30)43)29-14-18-34(45(48)52)42(33)40(28)29)47(54)49(46(35)53)37-21-26-5-1-3-24-9-10-25-4-2-6-32(37)39(25)38(24)26/h1-22H. The van der Waals surface area contributed by atoms with Crippen molar-refractivity contribution < 1.29 is 24.0 Å². The van der Waals surface area contributed by atoms with E-state index in [2.05, 4.69) is 24.3 Å². The van der Waals surface area contributed by atoms with Crippen molar-refractivity contribution >= 4 is 117 Å². The number of hydrogen-bond donors (Lipinski definition) is 0. The number of rotatable bonds is 3. The van der Waals surface area contributed by atoms with E-state index >= 15 is 0 Å². The fourth-order valence-corrected chi connectivity index (χ4v) is 9.35. The molecule has 250 valence electrons. The molecule has 10 aromatic carbocycles. The number of carbonyl (C=O) groups excluding carboxylic acids is 5. The molecule has 7 heteroatoms. The molecule has 2 heterocycles. The van der Waals surface area contributed by atoms with Gasteiger partial charge in [-0.05, 0) is 114 Å². The van der Waals surface area contributed by atoms with Gasteiger partial charge in [-0.3, -0.25) is 24.0 Å². The van der Waals surface area contributed by atoms with Crippen LogP contribution in [0.15, 0.2) is 127 Å². The summed E-state index contributed by atoms with van der Waals surface area (Å²) in [4.78, 5) is 71.2. The summed E-state index contributed by atoms with van der Waals surface area (Å²) in [6.45, 7) is 0. The van der Waals surface area contributed by atoms with Crippen LogP contribution in [-0.4, -0.2) is 29.9 Å². The van der Waals surface area contributed by atoms with Crippen LogP contribution in [0.2, 0.25) is 0 Å². The number of amides is 4. The molecule has 0 aromatic heterocycles. The summed E-state index contributed by atoms with van der Waals surface area (Å²) in [6, 6.07) is 39.3. The molecular weight excluding hydrogens is 673 g/mol. The van der Waals surface area contributed by atoms with Gasteiger partial charge in [0.25, 0.3) is 23.6 Å². The van der Waals surface area contributed by atoms with Crippen molar-refractivity contribution in [3.05, 3.63) is 155 Å². The molecule has 0 atom stereocenters. The molecule has 0 bridgehead atoms. The van der Waals surface area contributed by atoms with Crippen LogP contribution in [0, 0.1) is 0 Å². The second-order valence-corrected chi connectivity index (χ2v) is 14.2. The van der Waals surface area contributed by atoms with Gasteiger partial charge in [-0.25, -0.2) is 9.80 Å². The lowest BCUT2D eigenvalue weighted by Gasteiger charge is -2.31. The lowest BCUT2D eigenvalue weighted by molar-refractivity contribution is 0.0878.